The van der Waals surface area contributed by atoms with Crippen LogP contribution in [-0.4, -0.2) is 35.1 Å². The zero-order valence-electron chi connectivity index (χ0n) is 27.6. The Bertz CT molecular complexity index is 2140. The predicted octanol–water partition coefficient (Wildman–Crippen LogP) is 10.5. The van der Waals surface area contributed by atoms with E-state index >= 15 is 0 Å². The second-order valence-electron chi connectivity index (χ2n) is 13.5. The molecule has 0 atom stereocenters. The van der Waals surface area contributed by atoms with Crippen LogP contribution in [0.5, 0.6) is 0 Å². The van der Waals surface area contributed by atoms with Crippen LogP contribution >= 0.6 is 31.9 Å². The lowest BCUT2D eigenvalue weighted by atomic mass is 9.71. The lowest BCUT2D eigenvalue weighted by molar-refractivity contribution is 0.0604. The van der Waals surface area contributed by atoms with E-state index in [2.05, 4.69) is 75.2 Å². The van der Waals surface area contributed by atoms with E-state index in [1.165, 1.54) is 33.6 Å². The van der Waals surface area contributed by atoms with Crippen molar-refractivity contribution in [3.63, 3.8) is 0 Å². The summed E-state index contributed by atoms with van der Waals surface area (Å²) in [5.74, 6) is -1.74. The smallest absolute Gasteiger partial charge is 0.265 e. The minimum Gasteiger partial charge on any atom is -0.274 e. The van der Waals surface area contributed by atoms with Crippen LogP contribution in [-0.2, 0) is 5.41 Å². The first kappa shape index (κ1) is 32.8. The predicted molar refractivity (Wildman–Crippen MR) is 203 cm³/mol. The Morgan fingerprint density at radius 2 is 1.02 bits per heavy atom. The van der Waals surface area contributed by atoms with Gasteiger partial charge in [0.25, 0.3) is 23.6 Å². The van der Waals surface area contributed by atoms with Crippen molar-refractivity contribution in [3.05, 3.63) is 133 Å². The number of rotatable bonds is 10. The molecule has 5 aromatic rings. The highest BCUT2D eigenvalue weighted by Gasteiger charge is 2.44. The van der Waals surface area contributed by atoms with Crippen molar-refractivity contribution in [2.24, 2.45) is 0 Å². The lowest BCUT2D eigenvalue weighted by Crippen LogP contribution is -2.43. The zero-order chi connectivity index (χ0) is 34.7. The van der Waals surface area contributed by atoms with Gasteiger partial charge in [0, 0.05) is 53.9 Å². The van der Waals surface area contributed by atoms with Gasteiger partial charge in [-0.05, 0) is 102 Å². The number of carbonyl (C=O) groups excluding carboxylic acids is 4. The molecule has 0 saturated carbocycles. The summed E-state index contributed by atoms with van der Waals surface area (Å²) in [6.07, 6.45) is 6.90. The van der Waals surface area contributed by atoms with Crippen LogP contribution in [0.15, 0.2) is 99.9 Å². The molecular weight excluding hydrogens is 756 g/mol. The maximum absolute atomic E-state index is 14.1. The number of carbonyl (C=O) groups is 4. The molecule has 0 bridgehead atoms. The van der Waals surface area contributed by atoms with Gasteiger partial charge in [-0.15, -0.1) is 0 Å². The second-order valence-corrected chi connectivity index (χ2v) is 15.3. The molecule has 0 unspecified atom stereocenters. The number of hydrogen-bond acceptors (Lipinski definition) is 4. The Labute approximate surface area is 307 Å². The van der Waals surface area contributed by atoms with Gasteiger partial charge in [-0.2, -0.15) is 0 Å². The number of unbranched alkanes of at least 4 members (excludes halogenated alkanes) is 3. The molecule has 0 spiro atoms. The monoisotopic (exact) mass is 788 g/mol. The number of imide groups is 2. The van der Waals surface area contributed by atoms with E-state index in [0.717, 1.165) is 45.9 Å². The normalized spacial score (nSPS) is 15.6. The maximum atomic E-state index is 14.1. The number of amides is 4. The highest BCUT2D eigenvalue weighted by molar-refractivity contribution is 9.10. The van der Waals surface area contributed by atoms with E-state index in [1.54, 1.807) is 48.5 Å². The topological polar surface area (TPSA) is 74.8 Å². The molecule has 6 nitrogen and oxygen atoms in total. The largest absolute Gasteiger partial charge is 0.274 e. The van der Waals surface area contributed by atoms with Crippen molar-refractivity contribution in [2.45, 2.75) is 57.3 Å². The molecule has 250 valence electrons. The summed E-state index contributed by atoms with van der Waals surface area (Å²) in [5, 5.41) is 0.770. The summed E-state index contributed by atoms with van der Waals surface area (Å²) in [7, 11) is 0. The summed E-state index contributed by atoms with van der Waals surface area (Å²) < 4.78 is 2.06. The molecule has 2 aliphatic heterocycles. The van der Waals surface area contributed by atoms with Crippen LogP contribution in [0.4, 0.5) is 5.69 Å². The Balaban J connectivity index is 1.12. The van der Waals surface area contributed by atoms with Gasteiger partial charge in [0.1, 0.15) is 0 Å². The molecule has 5 aromatic carbocycles. The van der Waals surface area contributed by atoms with Crippen LogP contribution in [0.2, 0.25) is 0 Å². The van der Waals surface area contributed by atoms with E-state index in [0.29, 0.717) is 45.1 Å². The molecule has 4 amide bonds. The van der Waals surface area contributed by atoms with Gasteiger partial charge in [-0.1, -0.05) is 94.8 Å². The Morgan fingerprint density at radius 1 is 0.540 bits per heavy atom. The first-order chi connectivity index (χ1) is 24.2. The minimum atomic E-state index is -0.473. The summed E-state index contributed by atoms with van der Waals surface area (Å²) in [6, 6.07) is 28.4. The second kappa shape index (κ2) is 12.7. The minimum absolute atomic E-state index is 0.255. The van der Waals surface area contributed by atoms with Crippen molar-refractivity contribution in [1.29, 1.82) is 0 Å². The number of fused-ring (bicyclic) bond motifs is 3. The van der Waals surface area contributed by atoms with Gasteiger partial charge in [-0.25, -0.2) is 4.90 Å². The first-order valence-electron chi connectivity index (χ1n) is 17.3. The van der Waals surface area contributed by atoms with Crippen LogP contribution in [0.3, 0.4) is 0 Å². The molecule has 0 radical (unpaired) electrons. The van der Waals surface area contributed by atoms with Crippen LogP contribution < -0.4 is 4.90 Å². The van der Waals surface area contributed by atoms with Crippen molar-refractivity contribution < 1.29 is 19.2 Å². The summed E-state index contributed by atoms with van der Waals surface area (Å²) >= 11 is 7.47. The molecule has 8 heteroatoms. The number of hydrogen-bond donors (Lipinski definition) is 0. The summed E-state index contributed by atoms with van der Waals surface area (Å²) in [5.41, 5.74) is 6.54. The highest BCUT2D eigenvalue weighted by Crippen LogP contribution is 2.55. The molecule has 8 rings (SSSR count). The first-order valence-corrected chi connectivity index (χ1v) is 18.8. The molecule has 0 fully saturated rings. The van der Waals surface area contributed by atoms with Crippen LogP contribution in [0, 0.1) is 0 Å². The fraction of sp³-hybridized carbons (Fsp3) is 0.238. The standard InChI is InChI=1S/C42H34Br2N2O4/c1-2-3-4-8-20-42(34-23-25(43)12-14-28(34)29-15-13-26(44)24-35(29)42)21-9-22-45-38(47)30-16-18-32-37-33(19-17-31(36(30)37)39(45)48)41(50)46(40(32)49)27-10-6-5-7-11-27/h5-7,10-19,23-24H,2-4,8-9,20-22H2,1H3. The molecule has 0 saturated heterocycles. The average molecular weight is 791 g/mol. The third kappa shape index (κ3) is 5.02. The average Bonchev–Trinajstić information content (AvgIpc) is 3.37. The number of benzene rings is 5. The van der Waals surface area contributed by atoms with Gasteiger partial charge in [0.2, 0.25) is 0 Å². The Morgan fingerprint density at radius 3 is 1.54 bits per heavy atom. The van der Waals surface area contributed by atoms with Crippen LogP contribution in [0.1, 0.15) is 104 Å². The van der Waals surface area contributed by atoms with Crippen molar-refractivity contribution in [2.75, 3.05) is 11.4 Å². The molecule has 1 aliphatic carbocycles. The van der Waals surface area contributed by atoms with E-state index in [-0.39, 0.29) is 12.0 Å². The zero-order valence-corrected chi connectivity index (χ0v) is 30.8. The number of anilines is 1. The van der Waals surface area contributed by atoms with E-state index in [4.69, 9.17) is 0 Å². The summed E-state index contributed by atoms with van der Waals surface area (Å²) in [6.45, 7) is 2.48. The van der Waals surface area contributed by atoms with Crippen molar-refractivity contribution >= 4 is 71.9 Å². The fourth-order valence-electron chi connectivity index (χ4n) is 8.44. The fourth-order valence-corrected chi connectivity index (χ4v) is 9.16. The van der Waals surface area contributed by atoms with Gasteiger partial charge in [0.05, 0.1) is 5.69 Å². The Kier molecular flexibility index (Phi) is 8.35. The third-order valence-corrected chi connectivity index (χ3v) is 11.7. The molecule has 3 aliphatic rings. The molecule has 0 aromatic heterocycles. The quantitative estimate of drug-likeness (QED) is 0.104. The van der Waals surface area contributed by atoms with Crippen molar-refractivity contribution in [3.8, 4) is 11.1 Å². The van der Waals surface area contributed by atoms with Gasteiger partial charge < -0.3 is 0 Å². The summed E-state index contributed by atoms with van der Waals surface area (Å²) in [4.78, 5) is 58.2. The SMILES string of the molecule is CCCCCCC1(CCCN2C(=O)c3ccc4c5c(ccc(c35)C2=O)C(=O)N(c2ccccc2)C4=O)c2cc(Br)ccc2-c2ccc(Br)cc21. The number of para-hydroxylation sites is 1. The van der Waals surface area contributed by atoms with E-state index in [9.17, 15) is 19.2 Å². The van der Waals surface area contributed by atoms with Gasteiger partial charge >= 0.3 is 0 Å². The highest BCUT2D eigenvalue weighted by atomic mass is 79.9. The van der Waals surface area contributed by atoms with Crippen LogP contribution in [0.25, 0.3) is 21.9 Å². The van der Waals surface area contributed by atoms with E-state index in [1.807, 2.05) is 6.07 Å². The van der Waals surface area contributed by atoms with Crippen molar-refractivity contribution in [1.82, 2.24) is 4.90 Å². The molecule has 0 N–H and O–H groups in total. The van der Waals surface area contributed by atoms with Gasteiger partial charge in [-0.3, -0.25) is 24.1 Å². The van der Waals surface area contributed by atoms with E-state index < -0.39 is 23.6 Å². The molecule has 2 heterocycles. The number of nitrogens with zero attached hydrogens (tertiary/aromatic N) is 2. The van der Waals surface area contributed by atoms with Gasteiger partial charge in [0.15, 0.2) is 0 Å². The number of halogens is 2. The third-order valence-electron chi connectivity index (χ3n) is 10.7. The maximum Gasteiger partial charge on any atom is 0.265 e. The molecular formula is C42H34Br2N2O4. The Hall–Kier alpha value is -4.40. The molecule has 50 heavy (non-hydrogen) atoms. The lowest BCUT2D eigenvalue weighted by Gasteiger charge is -2.35.